The summed E-state index contributed by atoms with van der Waals surface area (Å²) in [5, 5.41) is 18.7. The molecule has 0 bridgehead atoms. The number of carboxylic acids is 1. The van der Waals surface area contributed by atoms with Gasteiger partial charge >= 0.3 is 5.97 Å². The van der Waals surface area contributed by atoms with Crippen molar-refractivity contribution in [2.75, 3.05) is 13.2 Å². The van der Waals surface area contributed by atoms with Gasteiger partial charge in [0.25, 0.3) is 0 Å². The van der Waals surface area contributed by atoms with Crippen LogP contribution >= 0.6 is 0 Å². The molecule has 0 aliphatic carbocycles. The molecule has 2 N–H and O–H groups in total. The van der Waals surface area contributed by atoms with Gasteiger partial charge in [-0.15, -0.1) is 0 Å². The Bertz CT molecular complexity index is 876. The summed E-state index contributed by atoms with van der Waals surface area (Å²) in [4.78, 5) is 16.6. The van der Waals surface area contributed by atoms with E-state index in [1.54, 1.807) is 31.2 Å². The zero-order valence-corrected chi connectivity index (χ0v) is 16.3. The largest absolute Gasteiger partial charge is 0.494 e. The Hall–Kier alpha value is -3.12. The number of aliphatic hydroxyl groups is 1. The van der Waals surface area contributed by atoms with Gasteiger partial charge in [-0.3, -0.25) is 0 Å². The number of aliphatic carboxylic acids is 1. The lowest BCUT2D eigenvalue weighted by Gasteiger charge is -2.23. The molecular formula is C23H25NO5. The number of benzene rings is 2. The quantitative estimate of drug-likeness (QED) is 0.634. The zero-order valence-electron chi connectivity index (χ0n) is 16.3. The van der Waals surface area contributed by atoms with Gasteiger partial charge in [0.05, 0.1) is 6.61 Å². The van der Waals surface area contributed by atoms with Crippen LogP contribution in [0.5, 0.6) is 5.75 Å². The first-order valence-electron chi connectivity index (χ1n) is 9.61. The number of hydrogen-bond donors (Lipinski definition) is 2. The number of carbonyl (C=O) groups is 1. The summed E-state index contributed by atoms with van der Waals surface area (Å²) in [6.07, 6.45) is 3.91. The SMILES string of the molecule is C[C@H]1OC(c2ccc(OCCCO)cc2)=N[C@@]1(C/C=C/c1ccccc1)C(=O)O. The third-order valence-electron chi connectivity index (χ3n) is 4.84. The van der Waals surface area contributed by atoms with E-state index in [0.29, 0.717) is 30.2 Å². The Balaban J connectivity index is 1.76. The molecule has 0 saturated heterocycles. The maximum absolute atomic E-state index is 12.1. The highest BCUT2D eigenvalue weighted by Crippen LogP contribution is 2.33. The minimum Gasteiger partial charge on any atom is -0.494 e. The molecule has 0 fully saturated rings. The lowest BCUT2D eigenvalue weighted by atomic mass is 9.90. The smallest absolute Gasteiger partial charge is 0.335 e. The van der Waals surface area contributed by atoms with Crippen molar-refractivity contribution >= 4 is 17.9 Å². The molecule has 0 saturated carbocycles. The number of nitrogens with zero attached hydrogens (tertiary/aromatic N) is 1. The molecule has 0 aromatic heterocycles. The number of hydrogen-bond acceptors (Lipinski definition) is 5. The van der Waals surface area contributed by atoms with Crippen molar-refractivity contribution in [3.8, 4) is 5.75 Å². The van der Waals surface area contributed by atoms with E-state index in [-0.39, 0.29) is 13.0 Å². The average Bonchev–Trinajstić information content (AvgIpc) is 3.07. The van der Waals surface area contributed by atoms with Gasteiger partial charge in [-0.1, -0.05) is 42.5 Å². The van der Waals surface area contributed by atoms with Crippen LogP contribution < -0.4 is 4.74 Å². The summed E-state index contributed by atoms with van der Waals surface area (Å²) < 4.78 is 11.3. The van der Waals surface area contributed by atoms with Crippen LogP contribution in [-0.2, 0) is 9.53 Å². The molecular weight excluding hydrogens is 370 g/mol. The van der Waals surface area contributed by atoms with Gasteiger partial charge in [-0.2, -0.15) is 0 Å². The fraction of sp³-hybridized carbons (Fsp3) is 0.304. The van der Waals surface area contributed by atoms with E-state index in [1.807, 2.05) is 42.5 Å². The van der Waals surface area contributed by atoms with Gasteiger partial charge < -0.3 is 19.7 Å². The predicted octanol–water partition coefficient (Wildman–Crippen LogP) is 3.54. The summed E-state index contributed by atoms with van der Waals surface area (Å²) in [5.74, 6) is -0.0271. The third-order valence-corrected chi connectivity index (χ3v) is 4.84. The maximum Gasteiger partial charge on any atom is 0.335 e. The summed E-state index contributed by atoms with van der Waals surface area (Å²) in [6, 6.07) is 16.8. The predicted molar refractivity (Wildman–Crippen MR) is 111 cm³/mol. The van der Waals surface area contributed by atoms with E-state index in [1.165, 1.54) is 0 Å². The highest BCUT2D eigenvalue weighted by molar-refractivity contribution is 5.99. The standard InChI is InChI=1S/C23H25NO5/c1-17-23(22(26)27,14-5-9-18-7-3-2-4-8-18)24-21(29-17)19-10-12-20(13-11-19)28-16-6-15-25/h2-5,7-13,17,25H,6,14-16H2,1H3,(H,26,27)/b9-5+/t17-,23-/m1/s1. The van der Waals surface area contributed by atoms with E-state index in [0.717, 1.165) is 5.56 Å². The molecule has 6 nitrogen and oxygen atoms in total. The monoisotopic (exact) mass is 395 g/mol. The lowest BCUT2D eigenvalue weighted by molar-refractivity contribution is -0.145. The second-order valence-electron chi connectivity index (χ2n) is 6.87. The summed E-state index contributed by atoms with van der Waals surface area (Å²) in [5.41, 5.74) is 0.332. The van der Waals surface area contributed by atoms with E-state index in [9.17, 15) is 9.90 Å². The molecule has 1 heterocycles. The van der Waals surface area contributed by atoms with Crippen LogP contribution in [0.15, 0.2) is 65.7 Å². The number of rotatable bonds is 9. The molecule has 152 valence electrons. The minimum atomic E-state index is -1.36. The van der Waals surface area contributed by atoms with Gasteiger partial charge in [0, 0.05) is 25.0 Å². The van der Waals surface area contributed by atoms with E-state index >= 15 is 0 Å². The fourth-order valence-corrected chi connectivity index (χ4v) is 3.10. The van der Waals surface area contributed by atoms with E-state index in [4.69, 9.17) is 14.6 Å². The molecule has 0 radical (unpaired) electrons. The Morgan fingerprint density at radius 1 is 1.21 bits per heavy atom. The van der Waals surface area contributed by atoms with Crippen LogP contribution in [0.25, 0.3) is 6.08 Å². The number of aliphatic hydroxyl groups excluding tert-OH is 1. The Morgan fingerprint density at radius 3 is 2.59 bits per heavy atom. The van der Waals surface area contributed by atoms with Crippen LogP contribution in [0.1, 0.15) is 30.9 Å². The first-order valence-corrected chi connectivity index (χ1v) is 9.61. The average molecular weight is 395 g/mol. The van der Waals surface area contributed by atoms with Crippen molar-refractivity contribution in [2.45, 2.75) is 31.4 Å². The first-order chi connectivity index (χ1) is 14.0. The molecule has 2 aromatic rings. The van der Waals surface area contributed by atoms with E-state index < -0.39 is 17.6 Å². The van der Waals surface area contributed by atoms with Crippen molar-refractivity contribution in [1.29, 1.82) is 0 Å². The van der Waals surface area contributed by atoms with Crippen molar-refractivity contribution in [3.05, 3.63) is 71.8 Å². The summed E-state index contributed by atoms with van der Waals surface area (Å²) >= 11 is 0. The van der Waals surface area contributed by atoms with Crippen molar-refractivity contribution in [1.82, 2.24) is 0 Å². The van der Waals surface area contributed by atoms with Gasteiger partial charge in [-0.05, 0) is 36.8 Å². The summed E-state index contributed by atoms with van der Waals surface area (Å²) in [7, 11) is 0. The molecule has 0 spiro atoms. The van der Waals surface area contributed by atoms with Gasteiger partial charge in [0.1, 0.15) is 11.9 Å². The van der Waals surface area contributed by atoms with Crippen LogP contribution in [0.4, 0.5) is 0 Å². The molecule has 1 aliphatic rings. The summed E-state index contributed by atoms with van der Waals surface area (Å²) in [6.45, 7) is 2.24. The number of ether oxygens (including phenoxy) is 2. The minimum absolute atomic E-state index is 0.0800. The molecule has 3 rings (SSSR count). The number of aliphatic imine (C=N–C) groups is 1. The van der Waals surface area contributed by atoms with Gasteiger partial charge in [0.15, 0.2) is 0 Å². The van der Waals surface area contributed by atoms with Crippen molar-refractivity contribution < 1.29 is 24.5 Å². The fourth-order valence-electron chi connectivity index (χ4n) is 3.10. The molecule has 29 heavy (non-hydrogen) atoms. The first kappa shape index (κ1) is 20.6. The van der Waals surface area contributed by atoms with Crippen molar-refractivity contribution in [3.63, 3.8) is 0 Å². The Morgan fingerprint density at radius 2 is 1.93 bits per heavy atom. The van der Waals surface area contributed by atoms with Crippen molar-refractivity contribution in [2.24, 2.45) is 4.99 Å². The second kappa shape index (κ2) is 9.39. The Labute approximate surface area is 170 Å². The van der Waals surface area contributed by atoms with Gasteiger partial charge in [-0.25, -0.2) is 9.79 Å². The van der Waals surface area contributed by atoms with Crippen LogP contribution in [0, 0.1) is 0 Å². The molecule has 2 aromatic carbocycles. The second-order valence-corrected chi connectivity index (χ2v) is 6.87. The topological polar surface area (TPSA) is 88.4 Å². The van der Waals surface area contributed by atoms with Crippen LogP contribution in [0.2, 0.25) is 0 Å². The molecule has 1 aliphatic heterocycles. The highest BCUT2D eigenvalue weighted by atomic mass is 16.5. The molecule has 2 atom stereocenters. The lowest BCUT2D eigenvalue weighted by Crippen LogP contribution is -2.43. The molecule has 6 heteroatoms. The van der Waals surface area contributed by atoms with Crippen LogP contribution in [0.3, 0.4) is 0 Å². The third kappa shape index (κ3) is 4.84. The molecule has 0 unspecified atom stereocenters. The van der Waals surface area contributed by atoms with Crippen LogP contribution in [-0.4, -0.2) is 46.9 Å². The number of carboxylic acid groups (broad SMARTS) is 1. The van der Waals surface area contributed by atoms with Gasteiger partial charge in [0.2, 0.25) is 11.4 Å². The maximum atomic E-state index is 12.1. The van der Waals surface area contributed by atoms with E-state index in [2.05, 4.69) is 4.99 Å². The normalized spacial score (nSPS) is 21.0. The zero-order chi connectivity index (χ0) is 20.7. The highest BCUT2D eigenvalue weighted by Gasteiger charge is 2.49. The Kier molecular flexibility index (Phi) is 6.67. The molecule has 0 amide bonds.